The Morgan fingerprint density at radius 1 is 1.05 bits per heavy atom. The summed E-state index contributed by atoms with van der Waals surface area (Å²) in [6.45, 7) is 7.00. The number of pyridine rings is 1. The Hall–Kier alpha value is -3.86. The summed E-state index contributed by atoms with van der Waals surface area (Å²) in [5.74, 6) is -0.316. The summed E-state index contributed by atoms with van der Waals surface area (Å²) in [7, 11) is 1.71. The van der Waals surface area contributed by atoms with Gasteiger partial charge in [0.15, 0.2) is 5.82 Å². The van der Waals surface area contributed by atoms with Crippen molar-refractivity contribution in [3.63, 3.8) is 0 Å². The van der Waals surface area contributed by atoms with E-state index >= 15 is 0 Å². The lowest BCUT2D eigenvalue weighted by Crippen LogP contribution is -2.17. The van der Waals surface area contributed by atoms with Crippen molar-refractivity contribution >= 4 is 35.1 Å². The molecule has 0 aliphatic carbocycles. The predicted octanol–water partition coefficient (Wildman–Crippen LogP) is 5.65. The third-order valence-electron chi connectivity index (χ3n) is 5.21. The van der Waals surface area contributed by atoms with Crippen LogP contribution in [0.2, 0.25) is 5.02 Å². The second-order valence-electron chi connectivity index (χ2n) is 8.00. The first kappa shape index (κ1) is 28.7. The third kappa shape index (κ3) is 9.22. The van der Waals surface area contributed by atoms with Crippen LogP contribution in [0.5, 0.6) is 0 Å². The first-order valence-electron chi connectivity index (χ1n) is 12.2. The van der Waals surface area contributed by atoms with Crippen LogP contribution in [0.15, 0.2) is 66.3 Å². The van der Waals surface area contributed by atoms with E-state index in [0.29, 0.717) is 10.7 Å². The highest BCUT2D eigenvalue weighted by molar-refractivity contribution is 6.33. The zero-order chi connectivity index (χ0) is 27.2. The van der Waals surface area contributed by atoms with E-state index < -0.39 is 5.82 Å². The van der Waals surface area contributed by atoms with E-state index in [-0.39, 0.29) is 5.95 Å². The molecule has 0 aliphatic heterocycles. The number of likely N-dealkylation sites (N-methyl/N-ethyl adjacent to an activating group) is 1. The van der Waals surface area contributed by atoms with E-state index in [4.69, 9.17) is 16.3 Å². The third-order valence-corrected chi connectivity index (χ3v) is 5.52. The van der Waals surface area contributed by atoms with Crippen molar-refractivity contribution in [2.45, 2.75) is 20.3 Å². The zero-order valence-corrected chi connectivity index (χ0v) is 22.4. The van der Waals surface area contributed by atoms with E-state index in [1.54, 1.807) is 19.4 Å². The molecule has 4 aromatic rings. The number of benzene rings is 1. The van der Waals surface area contributed by atoms with Gasteiger partial charge >= 0.3 is 0 Å². The van der Waals surface area contributed by atoms with Gasteiger partial charge in [0.05, 0.1) is 53.5 Å². The number of hydrazone groups is 1. The van der Waals surface area contributed by atoms with Crippen molar-refractivity contribution in [2.75, 3.05) is 37.5 Å². The summed E-state index contributed by atoms with van der Waals surface area (Å²) in [5, 5.41) is 11.0. The molecule has 0 radical (unpaired) electrons. The number of hydrogen-bond acceptors (Lipinski definition) is 8. The minimum absolute atomic E-state index is 0.194. The summed E-state index contributed by atoms with van der Waals surface area (Å²) in [6.07, 6.45) is 8.25. The smallest absolute Gasteiger partial charge is 0.243 e. The minimum atomic E-state index is -0.510. The number of hydrogen-bond donors (Lipinski definition) is 4. The molecular formula is C27H32ClFN8O. The van der Waals surface area contributed by atoms with E-state index in [1.165, 1.54) is 11.9 Å². The highest BCUT2D eigenvalue weighted by Crippen LogP contribution is 2.31. The largest absolute Gasteiger partial charge is 0.383 e. The summed E-state index contributed by atoms with van der Waals surface area (Å²) in [4.78, 5) is 15.1. The Labute approximate surface area is 226 Å². The van der Waals surface area contributed by atoms with E-state index in [0.717, 1.165) is 61.0 Å². The molecular weight excluding hydrogens is 507 g/mol. The maximum Gasteiger partial charge on any atom is 0.243 e. The Balaban J connectivity index is 0.000000505. The molecule has 0 spiro atoms. The molecule has 1 aromatic carbocycles. The van der Waals surface area contributed by atoms with Gasteiger partial charge in [0.2, 0.25) is 5.95 Å². The van der Waals surface area contributed by atoms with Gasteiger partial charge in [0, 0.05) is 25.5 Å². The molecule has 0 bridgehead atoms. The number of ether oxygens (including phenoxy) is 1. The van der Waals surface area contributed by atoms with Crippen LogP contribution < -0.4 is 16.1 Å². The number of nitrogens with one attached hydrogen (secondary N) is 4. The maximum atomic E-state index is 12.8. The lowest BCUT2D eigenvalue weighted by molar-refractivity contribution is 0.200. The van der Waals surface area contributed by atoms with Crippen molar-refractivity contribution in [1.29, 1.82) is 0 Å². The molecule has 4 N–H and O–H groups in total. The molecule has 11 heteroatoms. The van der Waals surface area contributed by atoms with Crippen molar-refractivity contribution in [1.82, 2.24) is 25.3 Å². The van der Waals surface area contributed by atoms with Crippen LogP contribution in [-0.4, -0.2) is 53.0 Å². The summed E-state index contributed by atoms with van der Waals surface area (Å²) in [5.41, 5.74) is 8.15. The highest BCUT2D eigenvalue weighted by Gasteiger charge is 2.06. The predicted molar refractivity (Wildman–Crippen MR) is 152 cm³/mol. The van der Waals surface area contributed by atoms with Gasteiger partial charge in [-0.25, -0.2) is 19.8 Å². The number of aromatic amines is 1. The van der Waals surface area contributed by atoms with Crippen LogP contribution in [0.4, 0.5) is 21.7 Å². The van der Waals surface area contributed by atoms with Crippen LogP contribution in [0.3, 0.4) is 0 Å². The van der Waals surface area contributed by atoms with Crippen molar-refractivity contribution < 1.29 is 9.13 Å². The Morgan fingerprint density at radius 3 is 2.50 bits per heavy atom. The fraction of sp³-hybridized carbons (Fsp3) is 0.259. The fourth-order valence-electron chi connectivity index (χ4n) is 3.20. The normalized spacial score (nSPS) is 10.8. The van der Waals surface area contributed by atoms with Gasteiger partial charge in [-0.2, -0.15) is 5.10 Å². The number of aryl methyl sites for hydroxylation is 1. The van der Waals surface area contributed by atoms with Crippen LogP contribution >= 0.6 is 11.6 Å². The second kappa shape index (κ2) is 15.4. The first-order valence-corrected chi connectivity index (χ1v) is 12.6. The number of rotatable bonds is 11. The topological polar surface area (TPSA) is 112 Å². The minimum Gasteiger partial charge on any atom is -0.383 e. The van der Waals surface area contributed by atoms with E-state index in [9.17, 15) is 4.39 Å². The molecule has 4 rings (SSSR count). The van der Waals surface area contributed by atoms with Crippen LogP contribution in [-0.2, 0) is 11.2 Å². The lowest BCUT2D eigenvalue weighted by atomic mass is 10.1. The molecule has 0 saturated heterocycles. The van der Waals surface area contributed by atoms with Gasteiger partial charge < -0.3 is 20.4 Å². The zero-order valence-electron chi connectivity index (χ0n) is 21.6. The second-order valence-corrected chi connectivity index (χ2v) is 8.41. The number of halogens is 2. The molecule has 0 aliphatic rings. The van der Waals surface area contributed by atoms with Gasteiger partial charge in [0.25, 0.3) is 0 Å². The summed E-state index contributed by atoms with van der Waals surface area (Å²) in [6, 6.07) is 11.7. The molecule has 0 unspecified atom stereocenters. The number of anilines is 3. The SMILES string of the molecule is CCNCCOC.CCc1cc(-c2ccc(Nc3ccc(/C=N/Nc4ncc(F)cn4)nc3)c(Cl)c2)c[nH]1. The molecule has 3 heterocycles. The fourth-order valence-corrected chi connectivity index (χ4v) is 3.42. The Kier molecular flexibility index (Phi) is 11.6. The molecule has 0 atom stereocenters. The van der Waals surface area contributed by atoms with Gasteiger partial charge in [-0.3, -0.25) is 4.98 Å². The number of nitrogens with zero attached hydrogens (tertiary/aromatic N) is 4. The van der Waals surface area contributed by atoms with E-state index in [1.807, 2.05) is 30.5 Å². The molecule has 0 amide bonds. The van der Waals surface area contributed by atoms with Crippen LogP contribution in [0, 0.1) is 5.82 Å². The molecule has 38 heavy (non-hydrogen) atoms. The van der Waals surface area contributed by atoms with E-state index in [2.05, 4.69) is 61.0 Å². The molecule has 0 saturated carbocycles. The van der Waals surface area contributed by atoms with Gasteiger partial charge in [-0.05, 0) is 54.4 Å². The number of aromatic nitrogens is 4. The van der Waals surface area contributed by atoms with Crippen molar-refractivity contribution in [3.8, 4) is 11.1 Å². The Morgan fingerprint density at radius 2 is 1.87 bits per heavy atom. The molecule has 9 nitrogen and oxygen atoms in total. The number of H-pyrrole nitrogens is 1. The highest BCUT2D eigenvalue weighted by atomic mass is 35.5. The quantitative estimate of drug-likeness (QED) is 0.111. The van der Waals surface area contributed by atoms with Crippen molar-refractivity contribution in [2.24, 2.45) is 5.10 Å². The average Bonchev–Trinajstić information content (AvgIpc) is 3.42. The average molecular weight is 539 g/mol. The molecule has 200 valence electrons. The Bertz CT molecular complexity index is 1280. The van der Waals surface area contributed by atoms with Crippen LogP contribution in [0.25, 0.3) is 11.1 Å². The van der Waals surface area contributed by atoms with Crippen molar-refractivity contribution in [3.05, 3.63) is 83.4 Å². The summed E-state index contributed by atoms with van der Waals surface area (Å²) >= 11 is 6.48. The number of methoxy groups -OCH3 is 1. The van der Waals surface area contributed by atoms with Gasteiger partial charge in [-0.1, -0.05) is 31.5 Å². The lowest BCUT2D eigenvalue weighted by Gasteiger charge is -2.09. The van der Waals surface area contributed by atoms with Gasteiger partial charge in [0.1, 0.15) is 0 Å². The first-order chi connectivity index (χ1) is 18.5. The molecule has 3 aromatic heterocycles. The van der Waals surface area contributed by atoms with Gasteiger partial charge in [-0.15, -0.1) is 0 Å². The monoisotopic (exact) mass is 538 g/mol. The molecule has 0 fully saturated rings. The summed E-state index contributed by atoms with van der Waals surface area (Å²) < 4.78 is 17.6. The van der Waals surface area contributed by atoms with Crippen LogP contribution in [0.1, 0.15) is 25.2 Å². The maximum absolute atomic E-state index is 12.8. The standard InChI is InChI=1S/C22H19ClFN7.C5H13NO/c1-2-17-7-15(9-25-17)14-3-6-21(20(23)8-14)30-19-5-4-18(26-12-19)13-29-31-22-27-10-16(24)11-28-22;1-3-6-4-5-7-2/h3-13,25,30H,2H2,1H3,(H,27,28,31);6H,3-5H2,1-2H3/b29-13+;.